The van der Waals surface area contributed by atoms with E-state index in [-0.39, 0.29) is 24.3 Å². The van der Waals surface area contributed by atoms with Gasteiger partial charge in [0.25, 0.3) is 0 Å². The van der Waals surface area contributed by atoms with Crippen LogP contribution in [0.5, 0.6) is 5.75 Å². The Morgan fingerprint density at radius 1 is 1.37 bits per heavy atom. The molecule has 6 heteroatoms. The van der Waals surface area contributed by atoms with E-state index in [1.807, 2.05) is 13.8 Å². The summed E-state index contributed by atoms with van der Waals surface area (Å²) >= 11 is 0. The zero-order valence-corrected chi connectivity index (χ0v) is 10.8. The fourth-order valence-corrected chi connectivity index (χ4v) is 1.45. The smallest absolute Gasteiger partial charge is 0.243 e. The summed E-state index contributed by atoms with van der Waals surface area (Å²) in [5.74, 6) is 0.629. The van der Waals surface area contributed by atoms with Crippen LogP contribution in [-0.2, 0) is 6.61 Å². The molecule has 1 atom stereocenters. The van der Waals surface area contributed by atoms with Crippen molar-refractivity contribution in [2.24, 2.45) is 11.7 Å². The quantitative estimate of drug-likeness (QED) is 0.898. The molecule has 5 nitrogen and oxygen atoms in total. The number of hydrogen-bond donors (Lipinski definition) is 1. The van der Waals surface area contributed by atoms with Gasteiger partial charge in [-0.1, -0.05) is 31.1 Å². The molecule has 0 aliphatic carbocycles. The average Bonchev–Trinajstić information content (AvgIpc) is 2.85. The molecule has 0 radical (unpaired) electrons. The first-order valence-corrected chi connectivity index (χ1v) is 6.03. The Morgan fingerprint density at radius 2 is 2.11 bits per heavy atom. The number of nitrogens with zero attached hydrogens (tertiary/aromatic N) is 2. The Balaban J connectivity index is 1.99. The predicted octanol–water partition coefficient (Wildman–Crippen LogP) is 2.44. The molecule has 0 amide bonds. The molecule has 0 fully saturated rings. The molecule has 19 heavy (non-hydrogen) atoms. The number of halogens is 1. The Bertz CT molecular complexity index is 542. The predicted molar refractivity (Wildman–Crippen MR) is 66.8 cm³/mol. The van der Waals surface area contributed by atoms with E-state index in [0.29, 0.717) is 11.7 Å². The molecular formula is C13H16FN3O2. The number of nitrogens with two attached hydrogens (primary N) is 1. The van der Waals surface area contributed by atoms with E-state index in [9.17, 15) is 4.39 Å². The van der Waals surface area contributed by atoms with Gasteiger partial charge >= 0.3 is 0 Å². The molecule has 102 valence electrons. The SMILES string of the molecule is CC(C)C(N)c1nc(COc2ccccc2F)no1. The van der Waals surface area contributed by atoms with Gasteiger partial charge < -0.3 is 15.0 Å². The number of hydrogen-bond acceptors (Lipinski definition) is 5. The lowest BCUT2D eigenvalue weighted by Crippen LogP contribution is -2.17. The van der Waals surface area contributed by atoms with E-state index in [4.69, 9.17) is 15.0 Å². The minimum atomic E-state index is -0.426. The maximum absolute atomic E-state index is 13.3. The minimum Gasteiger partial charge on any atom is -0.482 e. The molecule has 2 aromatic rings. The highest BCUT2D eigenvalue weighted by atomic mass is 19.1. The third kappa shape index (κ3) is 3.29. The van der Waals surface area contributed by atoms with Crippen molar-refractivity contribution in [3.8, 4) is 5.75 Å². The average molecular weight is 265 g/mol. The number of para-hydroxylation sites is 1. The second-order valence-electron chi connectivity index (χ2n) is 4.54. The van der Waals surface area contributed by atoms with Crippen LogP contribution in [0.4, 0.5) is 4.39 Å². The molecular weight excluding hydrogens is 249 g/mol. The second kappa shape index (κ2) is 5.79. The largest absolute Gasteiger partial charge is 0.482 e. The van der Waals surface area contributed by atoms with Crippen LogP contribution in [0.3, 0.4) is 0 Å². The van der Waals surface area contributed by atoms with E-state index in [0.717, 1.165) is 0 Å². The van der Waals surface area contributed by atoms with Crippen LogP contribution < -0.4 is 10.5 Å². The van der Waals surface area contributed by atoms with Gasteiger partial charge in [0, 0.05) is 0 Å². The summed E-state index contributed by atoms with van der Waals surface area (Å²) in [4.78, 5) is 4.13. The lowest BCUT2D eigenvalue weighted by Gasteiger charge is -2.09. The van der Waals surface area contributed by atoms with Crippen molar-refractivity contribution in [2.45, 2.75) is 26.5 Å². The van der Waals surface area contributed by atoms with E-state index in [1.54, 1.807) is 12.1 Å². The monoisotopic (exact) mass is 265 g/mol. The third-order valence-electron chi connectivity index (χ3n) is 2.68. The van der Waals surface area contributed by atoms with Gasteiger partial charge in [-0.15, -0.1) is 0 Å². The maximum Gasteiger partial charge on any atom is 0.243 e. The van der Waals surface area contributed by atoms with Gasteiger partial charge in [-0.05, 0) is 18.1 Å². The summed E-state index contributed by atoms with van der Waals surface area (Å²) in [6, 6.07) is 5.84. The van der Waals surface area contributed by atoms with Gasteiger partial charge in [0.15, 0.2) is 18.2 Å². The van der Waals surface area contributed by atoms with Crippen LogP contribution in [0, 0.1) is 11.7 Å². The van der Waals surface area contributed by atoms with Crippen molar-refractivity contribution in [3.05, 3.63) is 41.8 Å². The van der Waals surface area contributed by atoms with Gasteiger partial charge in [0.2, 0.25) is 11.7 Å². The first kappa shape index (κ1) is 13.5. The molecule has 1 heterocycles. The highest BCUT2D eigenvalue weighted by Gasteiger charge is 2.18. The Hall–Kier alpha value is -1.95. The molecule has 0 spiro atoms. The molecule has 1 unspecified atom stereocenters. The number of aromatic nitrogens is 2. The van der Waals surface area contributed by atoms with E-state index in [2.05, 4.69) is 10.1 Å². The topological polar surface area (TPSA) is 74.2 Å². The van der Waals surface area contributed by atoms with Gasteiger partial charge in [-0.2, -0.15) is 4.98 Å². The molecule has 0 saturated heterocycles. The summed E-state index contributed by atoms with van der Waals surface area (Å²) in [5.41, 5.74) is 5.89. The summed E-state index contributed by atoms with van der Waals surface area (Å²) in [6.07, 6.45) is 0. The Labute approximate surface area is 110 Å². The number of ether oxygens (including phenoxy) is 1. The van der Waals surface area contributed by atoms with Crippen LogP contribution >= 0.6 is 0 Å². The van der Waals surface area contributed by atoms with Crippen LogP contribution in [0.25, 0.3) is 0 Å². The van der Waals surface area contributed by atoms with Crippen molar-refractivity contribution in [2.75, 3.05) is 0 Å². The number of rotatable bonds is 5. The summed E-state index contributed by atoms with van der Waals surface area (Å²) in [6.45, 7) is 3.96. The summed E-state index contributed by atoms with van der Waals surface area (Å²) in [7, 11) is 0. The molecule has 1 aromatic carbocycles. The maximum atomic E-state index is 13.3. The third-order valence-corrected chi connectivity index (χ3v) is 2.68. The standard InChI is InChI=1S/C13H16FN3O2/c1-8(2)12(15)13-16-11(17-19-13)7-18-10-6-4-3-5-9(10)14/h3-6,8,12H,7,15H2,1-2H3. The summed E-state index contributed by atoms with van der Waals surface area (Å²) < 4.78 is 23.6. The van der Waals surface area contributed by atoms with Gasteiger partial charge in [0.1, 0.15) is 0 Å². The number of benzene rings is 1. The molecule has 0 aliphatic rings. The van der Waals surface area contributed by atoms with Crippen LogP contribution in [0.1, 0.15) is 31.6 Å². The van der Waals surface area contributed by atoms with Gasteiger partial charge in [0.05, 0.1) is 6.04 Å². The molecule has 0 bridgehead atoms. The highest BCUT2D eigenvalue weighted by molar-refractivity contribution is 5.23. The van der Waals surface area contributed by atoms with Crippen LogP contribution in [0.2, 0.25) is 0 Å². The molecule has 2 rings (SSSR count). The van der Waals surface area contributed by atoms with E-state index < -0.39 is 5.82 Å². The first-order chi connectivity index (χ1) is 9.08. The lowest BCUT2D eigenvalue weighted by molar-refractivity contribution is 0.270. The van der Waals surface area contributed by atoms with E-state index in [1.165, 1.54) is 12.1 Å². The van der Waals surface area contributed by atoms with Crippen LogP contribution in [-0.4, -0.2) is 10.1 Å². The van der Waals surface area contributed by atoms with E-state index >= 15 is 0 Å². The normalized spacial score (nSPS) is 12.7. The minimum absolute atomic E-state index is 0.0370. The van der Waals surface area contributed by atoms with Crippen molar-refractivity contribution in [1.29, 1.82) is 0 Å². The van der Waals surface area contributed by atoms with Crippen molar-refractivity contribution in [3.63, 3.8) is 0 Å². The van der Waals surface area contributed by atoms with Crippen molar-refractivity contribution < 1.29 is 13.7 Å². The molecule has 0 aliphatic heterocycles. The summed E-state index contributed by atoms with van der Waals surface area (Å²) in [5, 5.41) is 3.75. The highest BCUT2D eigenvalue weighted by Crippen LogP contribution is 2.19. The zero-order chi connectivity index (χ0) is 13.8. The van der Waals surface area contributed by atoms with Crippen LogP contribution in [0.15, 0.2) is 28.8 Å². The Kier molecular flexibility index (Phi) is 4.11. The first-order valence-electron chi connectivity index (χ1n) is 6.03. The molecule has 0 saturated carbocycles. The fourth-order valence-electron chi connectivity index (χ4n) is 1.45. The van der Waals surface area contributed by atoms with Gasteiger partial charge in [-0.3, -0.25) is 0 Å². The zero-order valence-electron chi connectivity index (χ0n) is 10.8. The molecule has 2 N–H and O–H groups in total. The second-order valence-corrected chi connectivity index (χ2v) is 4.54. The lowest BCUT2D eigenvalue weighted by atomic mass is 10.1. The van der Waals surface area contributed by atoms with Crippen molar-refractivity contribution >= 4 is 0 Å². The Morgan fingerprint density at radius 3 is 2.79 bits per heavy atom. The van der Waals surface area contributed by atoms with Gasteiger partial charge in [-0.25, -0.2) is 4.39 Å². The molecule has 1 aromatic heterocycles. The fraction of sp³-hybridized carbons (Fsp3) is 0.385. The van der Waals surface area contributed by atoms with Crippen molar-refractivity contribution in [1.82, 2.24) is 10.1 Å².